The molecule has 7 heteroatoms. The summed E-state index contributed by atoms with van der Waals surface area (Å²) in [6.07, 6.45) is 1.43. The van der Waals surface area contributed by atoms with Crippen LogP contribution in [-0.4, -0.2) is 15.8 Å². The second kappa shape index (κ2) is 7.31. The number of rotatable bonds is 5. The Balaban J connectivity index is 1.83. The molecule has 1 aromatic heterocycles. The van der Waals surface area contributed by atoms with Crippen LogP contribution in [-0.2, 0) is 0 Å². The summed E-state index contributed by atoms with van der Waals surface area (Å²) in [5, 5.41) is 6.32. The first-order valence-electron chi connectivity index (χ1n) is 7.54. The molecule has 0 saturated carbocycles. The van der Waals surface area contributed by atoms with Crippen LogP contribution in [0.15, 0.2) is 59.3 Å². The average Bonchev–Trinajstić information content (AvgIpc) is 2.61. The van der Waals surface area contributed by atoms with Crippen LogP contribution in [0, 0.1) is 0 Å². The van der Waals surface area contributed by atoms with Gasteiger partial charge in [0.1, 0.15) is 12.0 Å². The summed E-state index contributed by atoms with van der Waals surface area (Å²) in [6, 6.07) is 14.8. The summed E-state index contributed by atoms with van der Waals surface area (Å²) in [7, 11) is 0. The summed E-state index contributed by atoms with van der Waals surface area (Å²) in [5.41, 5.74) is 8.87. The maximum atomic E-state index is 11.3. The van der Waals surface area contributed by atoms with Gasteiger partial charge in [-0.1, -0.05) is 12.1 Å². The van der Waals surface area contributed by atoms with Crippen LogP contribution in [0.25, 0.3) is 0 Å². The van der Waals surface area contributed by atoms with Crippen LogP contribution in [0.4, 0.5) is 28.7 Å². The molecule has 6 nitrogen and oxygen atoms in total. The van der Waals surface area contributed by atoms with Gasteiger partial charge >= 0.3 is 0 Å². The number of halogens is 1. The van der Waals surface area contributed by atoms with Crippen LogP contribution < -0.4 is 16.4 Å². The smallest absolute Gasteiger partial charge is 0.159 e. The van der Waals surface area contributed by atoms with Crippen molar-refractivity contribution >= 4 is 50.4 Å². The Bertz CT molecular complexity index is 912. The molecule has 0 spiro atoms. The zero-order valence-corrected chi connectivity index (χ0v) is 15.0. The molecule has 3 aromatic rings. The van der Waals surface area contributed by atoms with Gasteiger partial charge in [0, 0.05) is 15.7 Å². The molecule has 0 atom stereocenters. The number of ketones is 1. The fourth-order valence-corrected chi connectivity index (χ4v) is 2.59. The molecule has 0 saturated heterocycles. The van der Waals surface area contributed by atoms with Gasteiger partial charge in [-0.05, 0) is 59.3 Å². The highest BCUT2D eigenvalue weighted by atomic mass is 79.9. The molecule has 0 aliphatic carbocycles. The second-order valence-corrected chi connectivity index (χ2v) is 6.20. The van der Waals surface area contributed by atoms with E-state index in [1.165, 1.54) is 13.3 Å². The first-order valence-corrected chi connectivity index (χ1v) is 8.34. The van der Waals surface area contributed by atoms with E-state index in [0.717, 1.165) is 15.8 Å². The minimum absolute atomic E-state index is 0.0213. The van der Waals surface area contributed by atoms with Crippen molar-refractivity contribution in [3.05, 3.63) is 64.9 Å². The third kappa shape index (κ3) is 3.95. The lowest BCUT2D eigenvalue weighted by atomic mass is 10.1. The molecule has 0 aliphatic rings. The number of hydrogen-bond donors (Lipinski definition) is 3. The zero-order chi connectivity index (χ0) is 17.8. The van der Waals surface area contributed by atoms with E-state index in [1.807, 2.05) is 24.3 Å². The number of carbonyl (C=O) groups is 1. The minimum atomic E-state index is 0.0213. The number of aromatic nitrogens is 2. The van der Waals surface area contributed by atoms with Crippen molar-refractivity contribution in [2.24, 2.45) is 0 Å². The molecule has 25 heavy (non-hydrogen) atoms. The molecule has 0 amide bonds. The molecule has 0 bridgehead atoms. The van der Waals surface area contributed by atoms with Crippen LogP contribution in [0.1, 0.15) is 17.3 Å². The molecule has 3 rings (SSSR count). The number of hydrogen-bond acceptors (Lipinski definition) is 6. The van der Waals surface area contributed by atoms with E-state index < -0.39 is 0 Å². The maximum absolute atomic E-state index is 11.3. The van der Waals surface area contributed by atoms with Crippen LogP contribution in [0.2, 0.25) is 0 Å². The van der Waals surface area contributed by atoms with Gasteiger partial charge in [-0.15, -0.1) is 0 Å². The number of carbonyl (C=O) groups excluding carboxylic acids is 1. The van der Waals surface area contributed by atoms with E-state index in [2.05, 4.69) is 36.5 Å². The average molecular weight is 398 g/mol. The summed E-state index contributed by atoms with van der Waals surface area (Å²) in [6.45, 7) is 1.53. The summed E-state index contributed by atoms with van der Waals surface area (Å²) in [4.78, 5) is 19.7. The molecule has 4 N–H and O–H groups in total. The molecule has 2 aromatic carbocycles. The molecule has 1 heterocycles. The third-order valence-electron chi connectivity index (χ3n) is 3.57. The van der Waals surface area contributed by atoms with E-state index in [-0.39, 0.29) is 5.78 Å². The summed E-state index contributed by atoms with van der Waals surface area (Å²) < 4.78 is 0.905. The van der Waals surface area contributed by atoms with Crippen molar-refractivity contribution in [3.8, 4) is 0 Å². The van der Waals surface area contributed by atoms with E-state index in [1.54, 1.807) is 24.3 Å². The highest BCUT2D eigenvalue weighted by molar-refractivity contribution is 9.10. The zero-order valence-electron chi connectivity index (χ0n) is 13.5. The number of nitrogens with zero attached hydrogens (tertiary/aromatic N) is 2. The quantitative estimate of drug-likeness (QED) is 0.548. The fourth-order valence-electron chi connectivity index (χ4n) is 2.21. The SMILES string of the molecule is CC(=O)c1ccc(Nc2ncnc(Nc3ccccc3Br)c2N)cc1. The lowest BCUT2D eigenvalue weighted by Crippen LogP contribution is -2.05. The Kier molecular flexibility index (Phi) is 4.95. The predicted molar refractivity (Wildman–Crippen MR) is 104 cm³/mol. The van der Waals surface area contributed by atoms with Crippen molar-refractivity contribution in [1.29, 1.82) is 0 Å². The van der Waals surface area contributed by atoms with Gasteiger partial charge in [0.25, 0.3) is 0 Å². The Morgan fingerprint density at radius 2 is 1.64 bits per heavy atom. The molecule has 126 valence electrons. The van der Waals surface area contributed by atoms with E-state index in [4.69, 9.17) is 5.73 Å². The maximum Gasteiger partial charge on any atom is 0.159 e. The largest absolute Gasteiger partial charge is 0.393 e. The highest BCUT2D eigenvalue weighted by Gasteiger charge is 2.10. The number of nitrogen functional groups attached to an aromatic ring is 1. The lowest BCUT2D eigenvalue weighted by Gasteiger charge is -2.13. The molecule has 0 fully saturated rings. The van der Waals surface area contributed by atoms with E-state index in [0.29, 0.717) is 22.9 Å². The van der Waals surface area contributed by atoms with Crippen molar-refractivity contribution in [2.45, 2.75) is 6.92 Å². The fraction of sp³-hybridized carbons (Fsp3) is 0.0556. The summed E-state index contributed by atoms with van der Waals surface area (Å²) >= 11 is 3.48. The minimum Gasteiger partial charge on any atom is -0.393 e. The second-order valence-electron chi connectivity index (χ2n) is 5.35. The molecular weight excluding hydrogens is 382 g/mol. The first-order chi connectivity index (χ1) is 12.0. The van der Waals surface area contributed by atoms with Crippen LogP contribution in [0.3, 0.4) is 0 Å². The van der Waals surface area contributed by atoms with E-state index in [9.17, 15) is 4.79 Å². The Morgan fingerprint density at radius 1 is 1.00 bits per heavy atom. The van der Waals surface area contributed by atoms with Crippen LogP contribution >= 0.6 is 15.9 Å². The van der Waals surface area contributed by atoms with Gasteiger partial charge in [-0.25, -0.2) is 9.97 Å². The number of para-hydroxylation sites is 1. The Morgan fingerprint density at radius 3 is 2.28 bits per heavy atom. The lowest BCUT2D eigenvalue weighted by molar-refractivity contribution is 0.101. The first kappa shape index (κ1) is 16.9. The topological polar surface area (TPSA) is 92.9 Å². The number of benzene rings is 2. The number of Topliss-reactive ketones (excluding diaryl/α,β-unsaturated/α-hetero) is 1. The molecule has 0 aliphatic heterocycles. The van der Waals surface area contributed by atoms with Gasteiger partial charge in [0.05, 0.1) is 5.69 Å². The van der Waals surface area contributed by atoms with Gasteiger partial charge < -0.3 is 16.4 Å². The Labute approximate surface area is 153 Å². The van der Waals surface area contributed by atoms with Gasteiger partial charge in [0.2, 0.25) is 0 Å². The van der Waals surface area contributed by atoms with Gasteiger partial charge in [-0.2, -0.15) is 0 Å². The van der Waals surface area contributed by atoms with Crippen LogP contribution in [0.5, 0.6) is 0 Å². The number of anilines is 5. The van der Waals surface area contributed by atoms with Crippen molar-refractivity contribution in [2.75, 3.05) is 16.4 Å². The normalized spacial score (nSPS) is 10.3. The van der Waals surface area contributed by atoms with Crippen molar-refractivity contribution in [1.82, 2.24) is 9.97 Å². The number of nitrogens with one attached hydrogen (secondary N) is 2. The molecule has 0 radical (unpaired) electrons. The Hall–Kier alpha value is -2.93. The third-order valence-corrected chi connectivity index (χ3v) is 4.26. The highest BCUT2D eigenvalue weighted by Crippen LogP contribution is 2.30. The monoisotopic (exact) mass is 397 g/mol. The molecular formula is C18H16BrN5O. The summed E-state index contributed by atoms with van der Waals surface area (Å²) in [5.74, 6) is 1.01. The number of nitrogens with two attached hydrogens (primary N) is 1. The van der Waals surface area contributed by atoms with Gasteiger partial charge in [-0.3, -0.25) is 4.79 Å². The van der Waals surface area contributed by atoms with E-state index >= 15 is 0 Å². The van der Waals surface area contributed by atoms with Crippen molar-refractivity contribution < 1.29 is 4.79 Å². The predicted octanol–water partition coefficient (Wildman–Crippen LogP) is 4.51. The standard InChI is InChI=1S/C18H16BrN5O/c1-11(25)12-6-8-13(9-7-12)23-17-16(20)18(22-10-21-17)24-15-5-3-2-4-14(15)19/h2-10H,20H2,1H3,(H2,21,22,23,24). The van der Waals surface area contributed by atoms with Crippen molar-refractivity contribution in [3.63, 3.8) is 0 Å². The molecule has 0 unspecified atom stereocenters. The van der Waals surface area contributed by atoms with Gasteiger partial charge in [0.15, 0.2) is 17.4 Å².